The van der Waals surface area contributed by atoms with Crippen LogP contribution in [0.15, 0.2) is 65.3 Å². The summed E-state index contributed by atoms with van der Waals surface area (Å²) in [5.74, 6) is 1.68. The molecule has 2 aromatic carbocycles. The number of hydrogen-bond donors (Lipinski definition) is 3. The Balaban J connectivity index is 1.43. The van der Waals surface area contributed by atoms with Crippen LogP contribution in [0.3, 0.4) is 0 Å². The van der Waals surface area contributed by atoms with Crippen molar-refractivity contribution in [2.75, 3.05) is 32.5 Å². The molecule has 0 spiro atoms. The van der Waals surface area contributed by atoms with Crippen molar-refractivity contribution in [3.8, 4) is 23.0 Å². The van der Waals surface area contributed by atoms with E-state index in [-0.39, 0.29) is 30.9 Å². The van der Waals surface area contributed by atoms with Gasteiger partial charge in [0.2, 0.25) is 23.7 Å². The molecule has 12 heteroatoms. The first-order valence-electron chi connectivity index (χ1n) is 14.0. The molecule has 3 heterocycles. The predicted octanol–water partition coefficient (Wildman–Crippen LogP) is 2.66. The summed E-state index contributed by atoms with van der Waals surface area (Å²) >= 11 is 0. The number of fused-ring (bicyclic) bond motifs is 5. The van der Waals surface area contributed by atoms with E-state index in [2.05, 4.69) is 25.6 Å². The number of oxazole rings is 1. The normalized spacial score (nSPS) is 16.7. The largest absolute Gasteiger partial charge is 0.493 e. The third kappa shape index (κ3) is 7.86. The number of anilines is 1. The second-order valence-electron chi connectivity index (χ2n) is 10.3. The Morgan fingerprint density at radius 1 is 1.09 bits per heavy atom. The number of hydrogen-bond acceptors (Lipinski definition) is 10. The van der Waals surface area contributed by atoms with Gasteiger partial charge in [0.15, 0.2) is 11.5 Å². The van der Waals surface area contributed by atoms with Crippen molar-refractivity contribution in [1.29, 1.82) is 0 Å². The lowest BCUT2D eigenvalue weighted by Crippen LogP contribution is -2.50. The summed E-state index contributed by atoms with van der Waals surface area (Å²) in [5.41, 5.74) is 8.69. The zero-order valence-electron chi connectivity index (χ0n) is 24.2. The molecule has 1 aliphatic heterocycles. The molecule has 0 aliphatic carbocycles. The number of nitrogens with two attached hydrogens (primary N) is 1. The Morgan fingerprint density at radius 2 is 1.88 bits per heavy atom. The van der Waals surface area contributed by atoms with Gasteiger partial charge in [0.05, 0.1) is 26.8 Å². The first-order chi connectivity index (χ1) is 20.9. The first-order valence-corrected chi connectivity index (χ1v) is 14.0. The number of amides is 2. The SMILES string of the molecule is COc1ccc2cc1OCCCN(Cc1cnc(N)nc1)CC(=O)N[C@H](Cc1ccccc1)C(=O)NCc1nc-2oc1C. The summed E-state index contributed by atoms with van der Waals surface area (Å²) < 4.78 is 17.6. The quantitative estimate of drug-likeness (QED) is 0.318. The van der Waals surface area contributed by atoms with Crippen molar-refractivity contribution >= 4 is 17.8 Å². The molecule has 0 saturated heterocycles. The molecule has 5 rings (SSSR count). The monoisotopic (exact) mass is 585 g/mol. The Bertz CT molecular complexity index is 1540. The number of aryl methyl sites for hydroxylation is 1. The van der Waals surface area contributed by atoms with E-state index in [0.717, 1.165) is 16.7 Å². The van der Waals surface area contributed by atoms with Crippen molar-refractivity contribution in [3.05, 3.63) is 83.5 Å². The summed E-state index contributed by atoms with van der Waals surface area (Å²) in [6.45, 7) is 3.28. The summed E-state index contributed by atoms with van der Waals surface area (Å²) in [7, 11) is 1.58. The third-order valence-corrected chi connectivity index (χ3v) is 7.04. The third-order valence-electron chi connectivity index (χ3n) is 7.04. The highest BCUT2D eigenvalue weighted by molar-refractivity contribution is 5.88. The van der Waals surface area contributed by atoms with Gasteiger partial charge in [-0.2, -0.15) is 0 Å². The topological polar surface area (TPSA) is 158 Å². The molecule has 12 nitrogen and oxygen atoms in total. The number of aromatic nitrogens is 3. The van der Waals surface area contributed by atoms with Crippen LogP contribution in [0.5, 0.6) is 11.5 Å². The second-order valence-corrected chi connectivity index (χ2v) is 10.3. The molecule has 43 heavy (non-hydrogen) atoms. The smallest absolute Gasteiger partial charge is 0.243 e. The van der Waals surface area contributed by atoms with Gasteiger partial charge in [-0.3, -0.25) is 14.5 Å². The van der Waals surface area contributed by atoms with Crippen molar-refractivity contribution < 1.29 is 23.5 Å². The van der Waals surface area contributed by atoms with Crippen LogP contribution in [-0.4, -0.2) is 64.5 Å². The van der Waals surface area contributed by atoms with Gasteiger partial charge in [0.1, 0.15) is 17.5 Å². The number of nitrogen functional groups attached to an aromatic ring is 1. The molecular weight excluding hydrogens is 550 g/mol. The fraction of sp³-hybridized carbons (Fsp3) is 0.323. The van der Waals surface area contributed by atoms with Gasteiger partial charge in [0, 0.05) is 43.0 Å². The maximum atomic E-state index is 13.4. The molecule has 0 radical (unpaired) electrons. The first kappa shape index (κ1) is 29.5. The van der Waals surface area contributed by atoms with Crippen LogP contribution in [0.1, 0.15) is 29.0 Å². The molecule has 0 saturated carbocycles. The molecule has 2 aromatic heterocycles. The van der Waals surface area contributed by atoms with Crippen molar-refractivity contribution in [3.63, 3.8) is 0 Å². The Labute approximate surface area is 249 Å². The van der Waals surface area contributed by atoms with Gasteiger partial charge in [-0.05, 0) is 37.1 Å². The van der Waals surface area contributed by atoms with Crippen LogP contribution in [0.2, 0.25) is 0 Å². The molecule has 1 aliphatic rings. The summed E-state index contributed by atoms with van der Waals surface area (Å²) in [4.78, 5) is 41.6. The van der Waals surface area contributed by atoms with Gasteiger partial charge in [-0.15, -0.1) is 0 Å². The van der Waals surface area contributed by atoms with Crippen LogP contribution in [0.4, 0.5) is 5.95 Å². The van der Waals surface area contributed by atoms with E-state index in [0.29, 0.717) is 61.4 Å². The number of nitrogens with one attached hydrogen (secondary N) is 2. The standard InChI is InChI=1S/C31H35N7O5/c1-20-25-17-33-29(40)24(13-21-7-4-3-5-8-21)36-28(39)19-38(18-22-15-34-31(32)35-16-22)11-6-12-42-27-14-23(30(37-25)43-20)9-10-26(27)41-2/h3-5,7-10,14-16,24H,6,11-13,17-19H2,1-2H3,(H,33,40)(H,36,39)(H2,32,34,35)/t24-/m1/s1. The molecule has 224 valence electrons. The van der Waals surface area contributed by atoms with Crippen molar-refractivity contribution in [2.24, 2.45) is 0 Å². The average Bonchev–Trinajstić information content (AvgIpc) is 3.38. The van der Waals surface area contributed by atoms with Crippen LogP contribution >= 0.6 is 0 Å². The van der Waals surface area contributed by atoms with Crippen molar-refractivity contribution in [1.82, 2.24) is 30.5 Å². The fourth-order valence-corrected chi connectivity index (χ4v) is 4.82. The lowest BCUT2D eigenvalue weighted by Gasteiger charge is -2.24. The van der Waals surface area contributed by atoms with E-state index in [1.807, 2.05) is 47.4 Å². The van der Waals surface area contributed by atoms with Crippen molar-refractivity contribution in [2.45, 2.75) is 38.9 Å². The minimum absolute atomic E-state index is 0.0491. The maximum absolute atomic E-state index is 13.4. The number of carbonyl (C=O) groups is 2. The molecule has 0 unspecified atom stereocenters. The number of methoxy groups -OCH3 is 1. The molecule has 4 bridgehead atoms. The average molecular weight is 586 g/mol. The Hall–Kier alpha value is -4.97. The second kappa shape index (κ2) is 13.8. The summed E-state index contributed by atoms with van der Waals surface area (Å²) in [6.07, 6.45) is 4.21. The number of ether oxygens (including phenoxy) is 2. The van der Waals surface area contributed by atoms with E-state index in [9.17, 15) is 9.59 Å². The highest BCUT2D eigenvalue weighted by atomic mass is 16.5. The van der Waals surface area contributed by atoms with Gasteiger partial charge in [-0.25, -0.2) is 15.0 Å². The number of benzene rings is 2. The Morgan fingerprint density at radius 3 is 2.65 bits per heavy atom. The number of carbonyl (C=O) groups excluding carboxylic acids is 2. The zero-order chi connectivity index (χ0) is 30.2. The van der Waals surface area contributed by atoms with Crippen LogP contribution in [0.25, 0.3) is 11.5 Å². The summed E-state index contributed by atoms with van der Waals surface area (Å²) in [6, 6.07) is 14.2. The highest BCUT2D eigenvalue weighted by Gasteiger charge is 2.24. The lowest BCUT2D eigenvalue weighted by atomic mass is 10.0. The minimum Gasteiger partial charge on any atom is -0.493 e. The number of rotatable bonds is 5. The lowest BCUT2D eigenvalue weighted by molar-refractivity contribution is -0.129. The minimum atomic E-state index is -0.797. The van der Waals surface area contributed by atoms with Crippen LogP contribution < -0.4 is 25.8 Å². The van der Waals surface area contributed by atoms with E-state index < -0.39 is 6.04 Å². The van der Waals surface area contributed by atoms with E-state index in [4.69, 9.17) is 19.6 Å². The molecule has 0 fully saturated rings. The fourth-order valence-electron chi connectivity index (χ4n) is 4.82. The highest BCUT2D eigenvalue weighted by Crippen LogP contribution is 2.33. The molecular formula is C31H35N7O5. The van der Waals surface area contributed by atoms with E-state index >= 15 is 0 Å². The maximum Gasteiger partial charge on any atom is 0.243 e. The van der Waals surface area contributed by atoms with Gasteiger partial charge >= 0.3 is 0 Å². The van der Waals surface area contributed by atoms with Gasteiger partial charge in [-0.1, -0.05) is 30.3 Å². The van der Waals surface area contributed by atoms with Crippen LogP contribution in [0, 0.1) is 6.92 Å². The van der Waals surface area contributed by atoms with Crippen LogP contribution in [-0.2, 0) is 29.1 Å². The molecule has 1 atom stereocenters. The van der Waals surface area contributed by atoms with Gasteiger partial charge < -0.3 is 30.3 Å². The Kier molecular flexibility index (Phi) is 9.47. The summed E-state index contributed by atoms with van der Waals surface area (Å²) in [5, 5.41) is 5.88. The van der Waals surface area contributed by atoms with E-state index in [1.165, 1.54) is 0 Å². The van der Waals surface area contributed by atoms with Gasteiger partial charge in [0.25, 0.3) is 0 Å². The zero-order valence-corrected chi connectivity index (χ0v) is 24.2. The predicted molar refractivity (Wildman–Crippen MR) is 159 cm³/mol. The van der Waals surface area contributed by atoms with E-state index in [1.54, 1.807) is 32.5 Å². The molecule has 4 aromatic rings. The molecule has 2 amide bonds. The number of nitrogens with zero attached hydrogens (tertiary/aromatic N) is 4. The molecule has 4 N–H and O–H groups in total.